The molecule has 0 bridgehead atoms. The average molecular weight is 396 g/mol. The summed E-state index contributed by atoms with van der Waals surface area (Å²) >= 11 is 0. The second kappa shape index (κ2) is 8.11. The van der Waals surface area contributed by atoms with E-state index in [1.807, 2.05) is 24.5 Å². The summed E-state index contributed by atoms with van der Waals surface area (Å²) < 4.78 is 2.42. The van der Waals surface area contributed by atoms with E-state index in [2.05, 4.69) is 56.3 Å². The number of rotatable bonds is 5. The SMILES string of the molecule is O=C(NCc1cccnc1)C1CCc2c(c3ccccc3n2Cc2ccncc2)C1. The van der Waals surface area contributed by atoms with Crippen molar-refractivity contribution in [2.45, 2.75) is 32.4 Å². The number of nitrogens with zero attached hydrogens (tertiary/aromatic N) is 3. The van der Waals surface area contributed by atoms with E-state index in [1.54, 1.807) is 12.4 Å². The largest absolute Gasteiger partial charge is 0.352 e. The highest BCUT2D eigenvalue weighted by Gasteiger charge is 2.29. The second-order valence-electron chi connectivity index (χ2n) is 7.90. The lowest BCUT2D eigenvalue weighted by atomic mass is 9.85. The minimum Gasteiger partial charge on any atom is -0.352 e. The first-order valence-corrected chi connectivity index (χ1v) is 10.4. The molecule has 0 saturated carbocycles. The zero-order valence-corrected chi connectivity index (χ0v) is 16.8. The van der Waals surface area contributed by atoms with Crippen molar-refractivity contribution in [3.05, 3.63) is 95.7 Å². The molecule has 1 N–H and O–H groups in total. The lowest BCUT2D eigenvalue weighted by Crippen LogP contribution is -2.34. The van der Waals surface area contributed by atoms with Crippen LogP contribution in [0.4, 0.5) is 0 Å². The number of nitrogens with one attached hydrogen (secondary N) is 1. The molecular weight excluding hydrogens is 372 g/mol. The van der Waals surface area contributed by atoms with Gasteiger partial charge < -0.3 is 9.88 Å². The average Bonchev–Trinajstić information content (AvgIpc) is 3.12. The standard InChI is InChI=1S/C25H24N4O/c30-25(28-16-19-4-3-11-27-15-19)20-7-8-24-22(14-20)21-5-1-2-6-23(21)29(24)17-18-9-12-26-13-10-18/h1-6,9-13,15,20H,7-8,14,16-17H2,(H,28,30). The van der Waals surface area contributed by atoms with Gasteiger partial charge in [-0.2, -0.15) is 0 Å². The highest BCUT2D eigenvalue weighted by molar-refractivity contribution is 5.87. The highest BCUT2D eigenvalue weighted by atomic mass is 16.1. The van der Waals surface area contributed by atoms with Crippen LogP contribution in [0, 0.1) is 5.92 Å². The van der Waals surface area contributed by atoms with Crippen LogP contribution < -0.4 is 5.32 Å². The van der Waals surface area contributed by atoms with E-state index in [4.69, 9.17) is 0 Å². The summed E-state index contributed by atoms with van der Waals surface area (Å²) in [5, 5.41) is 4.37. The first-order valence-electron chi connectivity index (χ1n) is 10.4. The number of aromatic nitrogens is 3. The molecule has 5 rings (SSSR count). The summed E-state index contributed by atoms with van der Waals surface area (Å²) in [4.78, 5) is 21.1. The number of para-hydroxylation sites is 1. The summed E-state index contributed by atoms with van der Waals surface area (Å²) in [6.07, 6.45) is 9.81. The van der Waals surface area contributed by atoms with Crippen LogP contribution in [0.3, 0.4) is 0 Å². The van der Waals surface area contributed by atoms with Crippen LogP contribution in [0.25, 0.3) is 10.9 Å². The van der Waals surface area contributed by atoms with Crippen LogP contribution in [0.1, 0.15) is 28.8 Å². The fourth-order valence-corrected chi connectivity index (χ4v) is 4.51. The van der Waals surface area contributed by atoms with Gasteiger partial charge >= 0.3 is 0 Å². The third-order valence-electron chi connectivity index (χ3n) is 6.02. The summed E-state index contributed by atoms with van der Waals surface area (Å²) in [7, 11) is 0. The molecule has 1 unspecified atom stereocenters. The van der Waals surface area contributed by atoms with E-state index < -0.39 is 0 Å². The van der Waals surface area contributed by atoms with Crippen molar-refractivity contribution in [2.75, 3.05) is 0 Å². The number of amides is 1. The Labute approximate surface area is 175 Å². The molecule has 3 aromatic heterocycles. The Morgan fingerprint density at radius 1 is 1.00 bits per heavy atom. The van der Waals surface area contributed by atoms with Crippen LogP contribution in [0.5, 0.6) is 0 Å². The van der Waals surface area contributed by atoms with Gasteiger partial charge in [-0.15, -0.1) is 0 Å². The summed E-state index contributed by atoms with van der Waals surface area (Å²) in [5.41, 5.74) is 6.20. The molecule has 1 amide bonds. The molecule has 1 aromatic carbocycles. The molecule has 0 aliphatic heterocycles. The number of hydrogen-bond donors (Lipinski definition) is 1. The maximum atomic E-state index is 12.9. The summed E-state index contributed by atoms with van der Waals surface area (Å²) in [5.74, 6) is 0.143. The van der Waals surface area contributed by atoms with E-state index >= 15 is 0 Å². The first kappa shape index (κ1) is 18.6. The lowest BCUT2D eigenvalue weighted by molar-refractivity contribution is -0.125. The summed E-state index contributed by atoms with van der Waals surface area (Å²) in [6, 6.07) is 16.6. The molecule has 0 fully saturated rings. The van der Waals surface area contributed by atoms with Crippen molar-refractivity contribution in [3.63, 3.8) is 0 Å². The van der Waals surface area contributed by atoms with Gasteiger partial charge in [-0.3, -0.25) is 14.8 Å². The Kier molecular flexibility index (Phi) is 5.01. The van der Waals surface area contributed by atoms with E-state index in [1.165, 1.54) is 27.7 Å². The highest BCUT2D eigenvalue weighted by Crippen LogP contribution is 2.35. The Morgan fingerprint density at radius 2 is 1.87 bits per heavy atom. The molecule has 5 heteroatoms. The minimum absolute atomic E-state index is 0.00866. The maximum absolute atomic E-state index is 12.9. The number of carbonyl (C=O) groups excluding carboxylic acids is 1. The van der Waals surface area contributed by atoms with E-state index in [0.29, 0.717) is 6.54 Å². The number of hydrogen-bond acceptors (Lipinski definition) is 3. The van der Waals surface area contributed by atoms with Crippen LogP contribution in [0.15, 0.2) is 73.3 Å². The van der Waals surface area contributed by atoms with Gasteiger partial charge in [0.15, 0.2) is 0 Å². The fourth-order valence-electron chi connectivity index (χ4n) is 4.51. The molecule has 5 nitrogen and oxygen atoms in total. The van der Waals surface area contributed by atoms with Crippen LogP contribution in [0.2, 0.25) is 0 Å². The Balaban J connectivity index is 1.40. The molecule has 1 aliphatic carbocycles. The molecule has 4 aromatic rings. The fraction of sp³-hybridized carbons (Fsp3) is 0.240. The Hall–Kier alpha value is -3.47. The van der Waals surface area contributed by atoms with E-state index in [0.717, 1.165) is 31.4 Å². The van der Waals surface area contributed by atoms with Gasteiger partial charge in [-0.25, -0.2) is 0 Å². The Morgan fingerprint density at radius 3 is 2.70 bits per heavy atom. The molecule has 0 saturated heterocycles. The van der Waals surface area contributed by atoms with Gasteiger partial charge in [0.1, 0.15) is 0 Å². The predicted molar refractivity (Wildman–Crippen MR) is 117 cm³/mol. The molecular formula is C25H24N4O. The topological polar surface area (TPSA) is 59.8 Å². The van der Waals surface area contributed by atoms with E-state index in [9.17, 15) is 4.79 Å². The predicted octanol–water partition coefficient (Wildman–Crippen LogP) is 3.90. The number of benzene rings is 1. The zero-order valence-electron chi connectivity index (χ0n) is 16.8. The summed E-state index contributed by atoms with van der Waals surface area (Å²) in [6.45, 7) is 1.36. The third-order valence-corrected chi connectivity index (χ3v) is 6.02. The van der Waals surface area contributed by atoms with Crippen molar-refractivity contribution in [1.82, 2.24) is 19.9 Å². The normalized spacial score (nSPS) is 15.7. The quantitative estimate of drug-likeness (QED) is 0.557. The molecule has 1 atom stereocenters. The van der Waals surface area contributed by atoms with Crippen LogP contribution in [-0.4, -0.2) is 20.4 Å². The van der Waals surface area contributed by atoms with Gasteiger partial charge in [0.2, 0.25) is 5.91 Å². The van der Waals surface area contributed by atoms with Crippen molar-refractivity contribution < 1.29 is 4.79 Å². The van der Waals surface area contributed by atoms with Crippen molar-refractivity contribution >= 4 is 16.8 Å². The van der Waals surface area contributed by atoms with Crippen molar-refractivity contribution in [3.8, 4) is 0 Å². The lowest BCUT2D eigenvalue weighted by Gasteiger charge is -2.23. The minimum atomic E-state index is 0.00866. The second-order valence-corrected chi connectivity index (χ2v) is 7.90. The van der Waals surface area contributed by atoms with E-state index in [-0.39, 0.29) is 11.8 Å². The number of pyridine rings is 2. The van der Waals surface area contributed by atoms with Gasteiger partial charge in [0.25, 0.3) is 0 Å². The molecule has 0 spiro atoms. The molecule has 3 heterocycles. The maximum Gasteiger partial charge on any atom is 0.223 e. The van der Waals surface area contributed by atoms with Gasteiger partial charge in [-0.1, -0.05) is 24.3 Å². The third kappa shape index (κ3) is 3.59. The Bertz CT molecular complexity index is 1170. The number of carbonyl (C=O) groups is 1. The van der Waals surface area contributed by atoms with Gasteiger partial charge in [-0.05, 0) is 60.2 Å². The van der Waals surface area contributed by atoms with Crippen LogP contribution >= 0.6 is 0 Å². The molecule has 30 heavy (non-hydrogen) atoms. The van der Waals surface area contributed by atoms with Crippen molar-refractivity contribution in [1.29, 1.82) is 0 Å². The van der Waals surface area contributed by atoms with Gasteiger partial charge in [0, 0.05) is 60.4 Å². The molecule has 1 aliphatic rings. The smallest absolute Gasteiger partial charge is 0.223 e. The molecule has 150 valence electrons. The number of fused-ring (bicyclic) bond motifs is 3. The van der Waals surface area contributed by atoms with Crippen LogP contribution in [-0.2, 0) is 30.7 Å². The van der Waals surface area contributed by atoms with Gasteiger partial charge in [0.05, 0.1) is 0 Å². The zero-order chi connectivity index (χ0) is 20.3. The van der Waals surface area contributed by atoms with Crippen molar-refractivity contribution in [2.24, 2.45) is 5.92 Å². The molecule has 0 radical (unpaired) electrons. The monoisotopic (exact) mass is 396 g/mol. The first-order chi connectivity index (χ1) is 14.8.